The molecule has 1 saturated carbocycles. The number of ether oxygens (including phenoxy) is 1. The van der Waals surface area contributed by atoms with Crippen molar-refractivity contribution in [3.8, 4) is 5.75 Å². The lowest BCUT2D eigenvalue weighted by atomic mass is 9.84. The normalized spacial score (nSPS) is 23.3. The first-order chi connectivity index (χ1) is 14.2. The first kappa shape index (κ1) is 19.5. The predicted molar refractivity (Wildman–Crippen MR) is 113 cm³/mol. The van der Waals surface area contributed by atoms with Crippen LogP contribution in [-0.4, -0.2) is 35.4 Å². The van der Waals surface area contributed by atoms with Crippen molar-refractivity contribution in [2.45, 2.75) is 51.1 Å². The number of nitrogens with one attached hydrogen (secondary N) is 1. The fraction of sp³-hybridized carbons (Fsp3) is 0.417. The Balaban J connectivity index is 1.57. The predicted octanol–water partition coefficient (Wildman–Crippen LogP) is 4.50. The Hall–Kier alpha value is -2.82. The number of fused-ring (bicyclic) bond motifs is 1. The highest BCUT2D eigenvalue weighted by Gasteiger charge is 2.47. The van der Waals surface area contributed by atoms with Crippen LogP contribution in [0.5, 0.6) is 5.75 Å². The summed E-state index contributed by atoms with van der Waals surface area (Å²) < 4.78 is 5.53. The third-order valence-corrected chi connectivity index (χ3v) is 6.06. The van der Waals surface area contributed by atoms with E-state index in [9.17, 15) is 9.59 Å². The minimum Gasteiger partial charge on any atom is -0.494 e. The van der Waals surface area contributed by atoms with Crippen LogP contribution in [0, 0.1) is 5.92 Å². The van der Waals surface area contributed by atoms with Gasteiger partial charge in [-0.2, -0.15) is 0 Å². The number of hydrogen-bond acceptors (Lipinski definition) is 3. The molecule has 2 aromatic rings. The number of hydrogen-bond donors (Lipinski definition) is 1. The maximum absolute atomic E-state index is 13.3. The van der Waals surface area contributed by atoms with Gasteiger partial charge in [0.1, 0.15) is 11.8 Å². The first-order valence-corrected chi connectivity index (χ1v) is 10.6. The summed E-state index contributed by atoms with van der Waals surface area (Å²) >= 11 is 0. The van der Waals surface area contributed by atoms with Gasteiger partial charge in [0.25, 0.3) is 5.91 Å². The summed E-state index contributed by atoms with van der Waals surface area (Å²) in [6.07, 6.45) is 5.10. The van der Waals surface area contributed by atoms with E-state index in [1.165, 1.54) is 6.42 Å². The Bertz CT molecular complexity index is 867. The smallest absolute Gasteiger partial charge is 0.254 e. The van der Waals surface area contributed by atoms with E-state index in [-0.39, 0.29) is 17.9 Å². The zero-order valence-corrected chi connectivity index (χ0v) is 16.8. The average Bonchev–Trinajstić information content (AvgIpc) is 3.14. The molecule has 29 heavy (non-hydrogen) atoms. The average molecular weight is 392 g/mol. The van der Waals surface area contributed by atoms with Gasteiger partial charge < -0.3 is 15.0 Å². The molecule has 1 N–H and O–H groups in total. The van der Waals surface area contributed by atoms with Crippen LogP contribution in [0.1, 0.15) is 49.4 Å². The lowest BCUT2D eigenvalue weighted by Gasteiger charge is -2.33. The number of carbonyl (C=O) groups excluding carboxylic acids is 2. The molecule has 0 aromatic heterocycles. The third-order valence-electron chi connectivity index (χ3n) is 6.06. The van der Waals surface area contributed by atoms with Crippen molar-refractivity contribution in [3.05, 3.63) is 60.2 Å². The van der Waals surface area contributed by atoms with Crippen LogP contribution < -0.4 is 10.1 Å². The quantitative estimate of drug-likeness (QED) is 0.815. The second-order valence-electron chi connectivity index (χ2n) is 7.89. The summed E-state index contributed by atoms with van der Waals surface area (Å²) in [4.78, 5) is 28.4. The van der Waals surface area contributed by atoms with E-state index in [1.807, 2.05) is 66.4 Å². The summed E-state index contributed by atoms with van der Waals surface area (Å²) in [6, 6.07) is 16.4. The fourth-order valence-electron chi connectivity index (χ4n) is 4.77. The summed E-state index contributed by atoms with van der Waals surface area (Å²) in [5.74, 6) is 0.977. The van der Waals surface area contributed by atoms with Gasteiger partial charge in [-0.1, -0.05) is 37.1 Å². The highest BCUT2D eigenvalue weighted by atomic mass is 16.5. The number of likely N-dealkylation sites (tertiary alicyclic amines) is 1. The molecular formula is C24H28N2O3. The van der Waals surface area contributed by atoms with Crippen LogP contribution in [0.15, 0.2) is 54.6 Å². The van der Waals surface area contributed by atoms with Gasteiger partial charge in [0.2, 0.25) is 5.91 Å². The van der Waals surface area contributed by atoms with Gasteiger partial charge in [-0.15, -0.1) is 0 Å². The van der Waals surface area contributed by atoms with Crippen molar-refractivity contribution in [2.24, 2.45) is 5.92 Å². The van der Waals surface area contributed by atoms with E-state index in [0.717, 1.165) is 31.4 Å². The number of rotatable bonds is 5. The van der Waals surface area contributed by atoms with Crippen molar-refractivity contribution < 1.29 is 14.3 Å². The molecule has 2 fully saturated rings. The zero-order valence-electron chi connectivity index (χ0n) is 16.8. The van der Waals surface area contributed by atoms with E-state index in [4.69, 9.17) is 4.74 Å². The summed E-state index contributed by atoms with van der Waals surface area (Å²) in [5.41, 5.74) is 1.35. The van der Waals surface area contributed by atoms with Gasteiger partial charge in [-0.25, -0.2) is 0 Å². The molecule has 3 unspecified atom stereocenters. The Morgan fingerprint density at radius 2 is 1.86 bits per heavy atom. The third kappa shape index (κ3) is 4.14. The molecule has 4 rings (SSSR count). The molecule has 3 atom stereocenters. The SMILES string of the molecule is CCOc1cccc(NC(=O)C2CC3CCCCC3N2C(=O)c2ccccc2)c1. The molecule has 0 radical (unpaired) electrons. The lowest BCUT2D eigenvalue weighted by Crippen LogP contribution is -2.47. The molecule has 2 amide bonds. The Kier molecular flexibility index (Phi) is 5.84. The standard InChI is InChI=1S/C24H28N2O3/c1-2-29-20-13-8-12-19(16-20)25-23(27)22-15-18-11-6-7-14-21(18)26(22)24(28)17-9-4-3-5-10-17/h3-5,8-10,12-13,16,18,21-22H,2,6-7,11,14-15H2,1H3,(H,25,27). The van der Waals surface area contributed by atoms with Gasteiger partial charge in [-0.05, 0) is 56.4 Å². The molecule has 0 spiro atoms. The largest absolute Gasteiger partial charge is 0.494 e. The van der Waals surface area contributed by atoms with Crippen LogP contribution in [0.3, 0.4) is 0 Å². The first-order valence-electron chi connectivity index (χ1n) is 10.6. The van der Waals surface area contributed by atoms with Crippen LogP contribution in [0.4, 0.5) is 5.69 Å². The minimum absolute atomic E-state index is 0.0387. The molecule has 2 aliphatic rings. The van der Waals surface area contributed by atoms with Gasteiger partial charge in [0.05, 0.1) is 6.61 Å². The van der Waals surface area contributed by atoms with Crippen LogP contribution in [-0.2, 0) is 4.79 Å². The molecule has 5 nitrogen and oxygen atoms in total. The van der Waals surface area contributed by atoms with Gasteiger partial charge in [-0.3, -0.25) is 9.59 Å². The second-order valence-corrected chi connectivity index (χ2v) is 7.89. The van der Waals surface area contributed by atoms with Gasteiger partial charge >= 0.3 is 0 Å². The van der Waals surface area contributed by atoms with Crippen molar-refractivity contribution in [3.63, 3.8) is 0 Å². The van der Waals surface area contributed by atoms with Crippen LogP contribution in [0.2, 0.25) is 0 Å². The summed E-state index contributed by atoms with van der Waals surface area (Å²) in [6.45, 7) is 2.50. The molecule has 2 aromatic carbocycles. The van der Waals surface area contributed by atoms with Crippen molar-refractivity contribution in [1.82, 2.24) is 4.90 Å². The second kappa shape index (κ2) is 8.68. The van der Waals surface area contributed by atoms with Crippen LogP contribution >= 0.6 is 0 Å². The number of carbonyl (C=O) groups is 2. The van der Waals surface area contributed by atoms with E-state index >= 15 is 0 Å². The molecule has 1 aliphatic carbocycles. The summed E-state index contributed by atoms with van der Waals surface area (Å²) in [7, 11) is 0. The van der Waals surface area contributed by atoms with Crippen molar-refractivity contribution in [1.29, 1.82) is 0 Å². The maximum atomic E-state index is 13.3. The number of benzene rings is 2. The van der Waals surface area contributed by atoms with E-state index in [1.54, 1.807) is 0 Å². The molecule has 1 aliphatic heterocycles. The molecular weight excluding hydrogens is 364 g/mol. The highest BCUT2D eigenvalue weighted by Crippen LogP contribution is 2.41. The number of anilines is 1. The maximum Gasteiger partial charge on any atom is 0.254 e. The van der Waals surface area contributed by atoms with E-state index < -0.39 is 6.04 Å². The Morgan fingerprint density at radius 3 is 2.66 bits per heavy atom. The highest BCUT2D eigenvalue weighted by molar-refractivity contribution is 6.02. The van der Waals surface area contributed by atoms with Gasteiger partial charge in [0, 0.05) is 23.4 Å². The minimum atomic E-state index is -0.438. The van der Waals surface area contributed by atoms with Crippen molar-refractivity contribution in [2.75, 3.05) is 11.9 Å². The van der Waals surface area contributed by atoms with Gasteiger partial charge in [0.15, 0.2) is 0 Å². The molecule has 0 bridgehead atoms. The monoisotopic (exact) mass is 392 g/mol. The zero-order chi connectivity index (χ0) is 20.2. The number of nitrogens with zero attached hydrogens (tertiary/aromatic N) is 1. The van der Waals surface area contributed by atoms with Crippen molar-refractivity contribution >= 4 is 17.5 Å². The molecule has 152 valence electrons. The van der Waals surface area contributed by atoms with E-state index in [0.29, 0.717) is 23.8 Å². The topological polar surface area (TPSA) is 58.6 Å². The Labute approximate surface area is 172 Å². The molecule has 5 heteroatoms. The molecule has 1 heterocycles. The lowest BCUT2D eigenvalue weighted by molar-refractivity contribution is -0.120. The molecule has 1 saturated heterocycles. The van der Waals surface area contributed by atoms with Crippen LogP contribution in [0.25, 0.3) is 0 Å². The number of amides is 2. The fourth-order valence-corrected chi connectivity index (χ4v) is 4.77. The van der Waals surface area contributed by atoms with E-state index in [2.05, 4.69) is 5.32 Å². The summed E-state index contributed by atoms with van der Waals surface area (Å²) in [5, 5.41) is 3.02. The Morgan fingerprint density at radius 1 is 1.07 bits per heavy atom.